The molecule has 2 aromatic rings. The van der Waals surface area contributed by atoms with Crippen LogP contribution in [-0.4, -0.2) is 25.9 Å². The van der Waals surface area contributed by atoms with Crippen LogP contribution in [0.4, 0.5) is 0 Å². The third-order valence-corrected chi connectivity index (χ3v) is 3.62. The Labute approximate surface area is 131 Å². The molecule has 0 aromatic heterocycles. The molecule has 2 rings (SSSR count). The fourth-order valence-electron chi connectivity index (χ4n) is 2.29. The highest BCUT2D eigenvalue weighted by Crippen LogP contribution is 2.20. The molecule has 0 heterocycles. The van der Waals surface area contributed by atoms with Crippen molar-refractivity contribution in [3.63, 3.8) is 0 Å². The summed E-state index contributed by atoms with van der Waals surface area (Å²) in [6.07, 6.45) is -0.567. The zero-order valence-electron chi connectivity index (χ0n) is 13.3. The molecular formula is C18H23NO3. The Balaban J connectivity index is 1.90. The van der Waals surface area contributed by atoms with Gasteiger partial charge in [0.05, 0.1) is 20.3 Å². The van der Waals surface area contributed by atoms with Crippen LogP contribution in [0.25, 0.3) is 0 Å². The quantitative estimate of drug-likeness (QED) is 0.825. The largest absolute Gasteiger partial charge is 0.497 e. The van der Waals surface area contributed by atoms with Crippen LogP contribution in [0.1, 0.15) is 22.8 Å². The molecule has 1 unspecified atom stereocenters. The Kier molecular flexibility index (Phi) is 5.81. The molecule has 0 saturated heterocycles. The van der Waals surface area contributed by atoms with Gasteiger partial charge < -0.3 is 19.9 Å². The molecule has 0 aliphatic rings. The van der Waals surface area contributed by atoms with E-state index in [4.69, 9.17) is 9.47 Å². The van der Waals surface area contributed by atoms with Crippen molar-refractivity contribution in [2.24, 2.45) is 0 Å². The van der Waals surface area contributed by atoms with E-state index >= 15 is 0 Å². The molecule has 0 bridgehead atoms. The molecule has 0 amide bonds. The third-order valence-electron chi connectivity index (χ3n) is 3.62. The van der Waals surface area contributed by atoms with Gasteiger partial charge in [-0.2, -0.15) is 0 Å². The van der Waals surface area contributed by atoms with Crippen LogP contribution in [0.5, 0.6) is 11.5 Å². The van der Waals surface area contributed by atoms with Crippen LogP contribution < -0.4 is 14.8 Å². The van der Waals surface area contributed by atoms with Gasteiger partial charge in [-0.25, -0.2) is 0 Å². The van der Waals surface area contributed by atoms with Gasteiger partial charge >= 0.3 is 0 Å². The number of ether oxygens (including phenoxy) is 2. The van der Waals surface area contributed by atoms with Gasteiger partial charge in [0, 0.05) is 13.1 Å². The molecule has 0 aliphatic heterocycles. The Bertz CT molecular complexity index is 613. The Morgan fingerprint density at radius 3 is 2.64 bits per heavy atom. The second kappa shape index (κ2) is 7.82. The number of hydrogen-bond acceptors (Lipinski definition) is 4. The van der Waals surface area contributed by atoms with E-state index in [0.717, 1.165) is 28.2 Å². The van der Waals surface area contributed by atoms with Crippen LogP contribution in [0.15, 0.2) is 42.5 Å². The Hall–Kier alpha value is -2.04. The standard InChI is InChI=1S/C18H23NO3/c1-13-7-8-14(9-18(13)22-3)11-19-12-17(20)15-5-4-6-16(10-15)21-2/h4-10,17,19-20H,11-12H2,1-3H3. The van der Waals surface area contributed by atoms with Gasteiger partial charge in [-0.15, -0.1) is 0 Å². The van der Waals surface area contributed by atoms with Crippen molar-refractivity contribution in [1.29, 1.82) is 0 Å². The lowest BCUT2D eigenvalue weighted by atomic mass is 10.1. The lowest BCUT2D eigenvalue weighted by Gasteiger charge is -2.14. The Morgan fingerprint density at radius 1 is 1.09 bits per heavy atom. The van der Waals surface area contributed by atoms with Crippen molar-refractivity contribution in [3.05, 3.63) is 59.2 Å². The smallest absolute Gasteiger partial charge is 0.122 e. The van der Waals surface area contributed by atoms with Crippen LogP contribution in [0.3, 0.4) is 0 Å². The van der Waals surface area contributed by atoms with Crippen molar-refractivity contribution >= 4 is 0 Å². The number of benzene rings is 2. The number of methoxy groups -OCH3 is 2. The first kappa shape index (κ1) is 16.3. The van der Waals surface area contributed by atoms with Crippen LogP contribution in [-0.2, 0) is 6.54 Å². The molecule has 4 nitrogen and oxygen atoms in total. The number of rotatable bonds is 7. The van der Waals surface area contributed by atoms with Gasteiger partial charge in [0.1, 0.15) is 11.5 Å². The second-order valence-corrected chi connectivity index (χ2v) is 5.23. The van der Waals surface area contributed by atoms with Crippen molar-refractivity contribution in [2.45, 2.75) is 19.6 Å². The molecule has 0 aliphatic carbocycles. The van der Waals surface area contributed by atoms with E-state index in [1.165, 1.54) is 0 Å². The minimum Gasteiger partial charge on any atom is -0.497 e. The molecule has 2 aromatic carbocycles. The normalized spacial score (nSPS) is 12.0. The van der Waals surface area contributed by atoms with Gasteiger partial charge in [-0.1, -0.05) is 24.3 Å². The average Bonchev–Trinajstić information content (AvgIpc) is 2.56. The maximum absolute atomic E-state index is 10.2. The fourth-order valence-corrected chi connectivity index (χ4v) is 2.29. The van der Waals surface area contributed by atoms with E-state index in [-0.39, 0.29) is 0 Å². The zero-order chi connectivity index (χ0) is 15.9. The molecule has 4 heteroatoms. The minimum absolute atomic E-state index is 0.476. The highest BCUT2D eigenvalue weighted by atomic mass is 16.5. The molecule has 2 N–H and O–H groups in total. The summed E-state index contributed by atoms with van der Waals surface area (Å²) in [6.45, 7) is 3.17. The maximum atomic E-state index is 10.2. The van der Waals surface area contributed by atoms with Crippen molar-refractivity contribution < 1.29 is 14.6 Å². The van der Waals surface area contributed by atoms with E-state index in [9.17, 15) is 5.11 Å². The first-order valence-electron chi connectivity index (χ1n) is 7.30. The van der Waals surface area contributed by atoms with Crippen LogP contribution >= 0.6 is 0 Å². The molecule has 22 heavy (non-hydrogen) atoms. The van der Waals surface area contributed by atoms with E-state index in [1.54, 1.807) is 14.2 Å². The SMILES string of the molecule is COc1cccc(C(O)CNCc2ccc(C)c(OC)c2)c1. The van der Waals surface area contributed by atoms with Crippen molar-refractivity contribution in [2.75, 3.05) is 20.8 Å². The highest BCUT2D eigenvalue weighted by molar-refractivity contribution is 5.36. The second-order valence-electron chi connectivity index (χ2n) is 5.23. The molecule has 0 fully saturated rings. The van der Waals surface area contributed by atoms with Crippen molar-refractivity contribution in [3.8, 4) is 11.5 Å². The van der Waals surface area contributed by atoms with Gasteiger partial charge in [0.25, 0.3) is 0 Å². The van der Waals surface area contributed by atoms with Crippen LogP contribution in [0, 0.1) is 6.92 Å². The van der Waals surface area contributed by atoms with E-state index in [0.29, 0.717) is 13.1 Å². The first-order chi connectivity index (χ1) is 10.6. The molecule has 0 spiro atoms. The van der Waals surface area contributed by atoms with Crippen molar-refractivity contribution in [1.82, 2.24) is 5.32 Å². The maximum Gasteiger partial charge on any atom is 0.122 e. The highest BCUT2D eigenvalue weighted by Gasteiger charge is 2.08. The molecule has 1 atom stereocenters. The van der Waals surface area contributed by atoms with Gasteiger partial charge in [0.2, 0.25) is 0 Å². The number of aliphatic hydroxyl groups excluding tert-OH is 1. The number of hydrogen-bond donors (Lipinski definition) is 2. The van der Waals surface area contributed by atoms with E-state index in [2.05, 4.69) is 11.4 Å². The predicted molar refractivity (Wildman–Crippen MR) is 87.4 cm³/mol. The summed E-state index contributed by atoms with van der Waals surface area (Å²) < 4.78 is 10.5. The number of aliphatic hydroxyl groups is 1. The fraction of sp³-hybridized carbons (Fsp3) is 0.333. The van der Waals surface area contributed by atoms with Gasteiger partial charge in [0.15, 0.2) is 0 Å². The van der Waals surface area contributed by atoms with E-state index in [1.807, 2.05) is 43.3 Å². The lowest BCUT2D eigenvalue weighted by Crippen LogP contribution is -2.21. The molecule has 0 saturated carbocycles. The summed E-state index contributed by atoms with van der Waals surface area (Å²) in [5, 5.41) is 13.5. The predicted octanol–water partition coefficient (Wildman–Crippen LogP) is 2.84. The topological polar surface area (TPSA) is 50.7 Å². The number of aryl methyl sites for hydroxylation is 1. The summed E-state index contributed by atoms with van der Waals surface area (Å²) in [7, 11) is 3.29. The summed E-state index contributed by atoms with van der Waals surface area (Å²) in [6, 6.07) is 13.6. The van der Waals surface area contributed by atoms with Gasteiger partial charge in [-0.05, 0) is 41.8 Å². The summed E-state index contributed by atoms with van der Waals surface area (Å²) >= 11 is 0. The third kappa shape index (κ3) is 4.23. The van der Waals surface area contributed by atoms with Crippen LogP contribution in [0.2, 0.25) is 0 Å². The van der Waals surface area contributed by atoms with E-state index < -0.39 is 6.10 Å². The number of nitrogens with one attached hydrogen (secondary N) is 1. The zero-order valence-corrected chi connectivity index (χ0v) is 13.3. The molecule has 118 valence electrons. The summed E-state index contributed by atoms with van der Waals surface area (Å²) in [5.74, 6) is 1.63. The molecular weight excluding hydrogens is 278 g/mol. The Morgan fingerprint density at radius 2 is 1.91 bits per heavy atom. The first-order valence-corrected chi connectivity index (χ1v) is 7.30. The molecule has 0 radical (unpaired) electrons. The minimum atomic E-state index is -0.567. The summed E-state index contributed by atoms with van der Waals surface area (Å²) in [4.78, 5) is 0. The lowest BCUT2D eigenvalue weighted by molar-refractivity contribution is 0.174. The summed E-state index contributed by atoms with van der Waals surface area (Å²) in [5.41, 5.74) is 3.08. The van der Waals surface area contributed by atoms with Gasteiger partial charge in [-0.3, -0.25) is 0 Å². The average molecular weight is 301 g/mol. The monoisotopic (exact) mass is 301 g/mol.